The summed E-state index contributed by atoms with van der Waals surface area (Å²) < 4.78 is 0. The van der Waals surface area contributed by atoms with Crippen LogP contribution in [0.1, 0.15) is 51.9 Å². The molecule has 0 radical (unpaired) electrons. The van der Waals surface area contributed by atoms with E-state index in [1.54, 1.807) is 0 Å². The average molecular weight is 307 g/mol. The van der Waals surface area contributed by atoms with Crippen molar-refractivity contribution < 1.29 is 4.84 Å². The van der Waals surface area contributed by atoms with Gasteiger partial charge in [0, 0.05) is 32.7 Å². The molecule has 1 aliphatic heterocycles. The first-order chi connectivity index (χ1) is 10.8. The molecule has 0 aromatic carbocycles. The summed E-state index contributed by atoms with van der Waals surface area (Å²) in [6, 6.07) is 0. The molecule has 4 heteroatoms. The number of nitrogens with zero attached hydrogens (tertiary/aromatic N) is 3. The molecule has 0 bridgehead atoms. The minimum Gasteiger partial charge on any atom is -0.396 e. The summed E-state index contributed by atoms with van der Waals surface area (Å²) in [7, 11) is 2.20. The summed E-state index contributed by atoms with van der Waals surface area (Å²) in [6.07, 6.45) is 10.7. The number of hydrogen-bond acceptors (Lipinski definition) is 4. The lowest BCUT2D eigenvalue weighted by Crippen LogP contribution is -2.44. The normalized spacial score (nSPS) is 25.0. The summed E-state index contributed by atoms with van der Waals surface area (Å²) in [5.74, 6) is 0. The van der Waals surface area contributed by atoms with Gasteiger partial charge in [-0.3, -0.25) is 0 Å². The third kappa shape index (κ3) is 6.09. The lowest BCUT2D eigenvalue weighted by atomic mass is 9.92. The summed E-state index contributed by atoms with van der Waals surface area (Å²) in [4.78, 5) is 10.5. The number of piperazine rings is 1. The van der Waals surface area contributed by atoms with E-state index in [0.717, 1.165) is 32.4 Å². The number of oxime groups is 1. The van der Waals surface area contributed by atoms with E-state index in [2.05, 4.69) is 35.0 Å². The second-order valence-electron chi connectivity index (χ2n) is 6.59. The summed E-state index contributed by atoms with van der Waals surface area (Å²) in [5.41, 5.74) is 2.64. The first-order valence-corrected chi connectivity index (χ1v) is 9.08. The summed E-state index contributed by atoms with van der Waals surface area (Å²) >= 11 is 0. The van der Waals surface area contributed by atoms with Crippen LogP contribution in [0.3, 0.4) is 0 Å². The first-order valence-electron chi connectivity index (χ1n) is 9.08. The Labute approximate surface area is 136 Å². The number of hydrogen-bond donors (Lipinski definition) is 0. The maximum Gasteiger partial charge on any atom is 0.118 e. The van der Waals surface area contributed by atoms with Crippen molar-refractivity contribution in [3.8, 4) is 0 Å². The predicted octanol–water partition coefficient (Wildman–Crippen LogP) is 3.30. The van der Waals surface area contributed by atoms with Crippen molar-refractivity contribution in [1.29, 1.82) is 0 Å². The largest absolute Gasteiger partial charge is 0.396 e. The molecule has 22 heavy (non-hydrogen) atoms. The molecule has 1 aliphatic carbocycles. The molecule has 2 fully saturated rings. The van der Waals surface area contributed by atoms with Crippen LogP contribution in [0, 0.1) is 0 Å². The van der Waals surface area contributed by atoms with Gasteiger partial charge in [-0.25, -0.2) is 0 Å². The zero-order chi connectivity index (χ0) is 15.6. The molecule has 1 saturated carbocycles. The highest BCUT2D eigenvalue weighted by atomic mass is 16.6. The number of rotatable bonds is 7. The van der Waals surface area contributed by atoms with Crippen LogP contribution in [0.25, 0.3) is 0 Å². The Hall–Kier alpha value is -0.870. The smallest absolute Gasteiger partial charge is 0.118 e. The van der Waals surface area contributed by atoms with Gasteiger partial charge in [0.05, 0.1) is 5.71 Å². The zero-order valence-electron chi connectivity index (χ0n) is 14.5. The first kappa shape index (κ1) is 17.5. The highest BCUT2D eigenvalue weighted by Crippen LogP contribution is 2.22. The Morgan fingerprint density at radius 2 is 1.91 bits per heavy atom. The van der Waals surface area contributed by atoms with E-state index in [-0.39, 0.29) is 0 Å². The molecule has 0 atom stereocenters. The van der Waals surface area contributed by atoms with Crippen LogP contribution in [0.5, 0.6) is 0 Å². The molecule has 1 saturated heterocycles. The van der Waals surface area contributed by atoms with Crippen LogP contribution in [0.4, 0.5) is 0 Å². The van der Waals surface area contributed by atoms with Crippen molar-refractivity contribution in [3.63, 3.8) is 0 Å². The van der Waals surface area contributed by atoms with Crippen molar-refractivity contribution in [2.24, 2.45) is 5.16 Å². The van der Waals surface area contributed by atoms with Crippen molar-refractivity contribution in [1.82, 2.24) is 9.80 Å². The van der Waals surface area contributed by atoms with Gasteiger partial charge in [-0.2, -0.15) is 0 Å². The van der Waals surface area contributed by atoms with E-state index in [0.29, 0.717) is 0 Å². The van der Waals surface area contributed by atoms with Gasteiger partial charge < -0.3 is 14.6 Å². The van der Waals surface area contributed by atoms with Crippen molar-refractivity contribution in [3.05, 3.63) is 11.6 Å². The molecule has 0 unspecified atom stereocenters. The zero-order valence-corrected chi connectivity index (χ0v) is 14.5. The van der Waals surface area contributed by atoms with E-state index < -0.39 is 0 Å². The lowest BCUT2D eigenvalue weighted by Gasteiger charge is -2.32. The Balaban J connectivity index is 1.65. The molecule has 0 aromatic heterocycles. The van der Waals surface area contributed by atoms with Gasteiger partial charge in [0.1, 0.15) is 6.61 Å². The minimum atomic E-state index is 0.747. The monoisotopic (exact) mass is 307 g/mol. The number of unbranched alkanes of at least 4 members (excludes halogenated alkanes) is 1. The maximum atomic E-state index is 5.61. The van der Waals surface area contributed by atoms with Gasteiger partial charge in [-0.05, 0) is 51.1 Å². The van der Waals surface area contributed by atoms with Crippen molar-refractivity contribution in [2.45, 2.75) is 51.9 Å². The summed E-state index contributed by atoms with van der Waals surface area (Å²) in [6.45, 7) is 8.87. The second kappa shape index (κ2) is 10.0. The lowest BCUT2D eigenvalue weighted by molar-refractivity contribution is 0.110. The highest BCUT2D eigenvalue weighted by Gasteiger charge is 2.14. The van der Waals surface area contributed by atoms with Gasteiger partial charge in [0.25, 0.3) is 0 Å². The van der Waals surface area contributed by atoms with Crippen LogP contribution < -0.4 is 0 Å². The second-order valence-corrected chi connectivity index (χ2v) is 6.59. The van der Waals surface area contributed by atoms with Crippen LogP contribution in [-0.2, 0) is 4.84 Å². The molecular formula is C18H33N3O. The number of likely N-dealkylation sites (N-methyl/N-ethyl adjacent to an activating group) is 1. The molecule has 0 N–H and O–H groups in total. The standard InChI is InChI=1S/C18H33N3O/c1-3-4-8-17-9-5-6-10-18(17)19-22-16-7-11-21-14-12-20(2)13-15-21/h8H,3-7,9-16H2,1-2H3/b17-8+,19-18+. The Morgan fingerprint density at radius 1 is 1.14 bits per heavy atom. The SMILES string of the molecule is CCC/C=C1\CCCC\C1=N/OCCCN1CCN(C)CC1. The van der Waals surface area contributed by atoms with E-state index in [9.17, 15) is 0 Å². The van der Waals surface area contributed by atoms with Gasteiger partial charge in [0.15, 0.2) is 0 Å². The molecule has 0 aromatic rings. The van der Waals surface area contributed by atoms with E-state index in [4.69, 9.17) is 4.84 Å². The maximum absolute atomic E-state index is 5.61. The molecule has 126 valence electrons. The van der Waals surface area contributed by atoms with Gasteiger partial charge in [-0.1, -0.05) is 24.6 Å². The molecule has 2 rings (SSSR count). The van der Waals surface area contributed by atoms with Crippen LogP contribution in [0.15, 0.2) is 16.8 Å². The van der Waals surface area contributed by atoms with Crippen molar-refractivity contribution >= 4 is 5.71 Å². The van der Waals surface area contributed by atoms with Crippen LogP contribution in [0.2, 0.25) is 0 Å². The fourth-order valence-electron chi connectivity index (χ4n) is 3.10. The molecule has 0 spiro atoms. The topological polar surface area (TPSA) is 28.1 Å². The van der Waals surface area contributed by atoms with E-state index >= 15 is 0 Å². The Kier molecular flexibility index (Phi) is 7.95. The van der Waals surface area contributed by atoms with Gasteiger partial charge in [-0.15, -0.1) is 0 Å². The average Bonchev–Trinajstić information content (AvgIpc) is 2.55. The fourth-order valence-corrected chi connectivity index (χ4v) is 3.10. The highest BCUT2D eigenvalue weighted by molar-refractivity contribution is 6.00. The Morgan fingerprint density at radius 3 is 2.68 bits per heavy atom. The molecule has 0 amide bonds. The molecular weight excluding hydrogens is 274 g/mol. The molecule has 2 aliphatic rings. The summed E-state index contributed by atoms with van der Waals surface area (Å²) in [5, 5.41) is 4.43. The van der Waals surface area contributed by atoms with Crippen molar-refractivity contribution in [2.75, 3.05) is 46.4 Å². The van der Waals surface area contributed by atoms with E-state index in [1.807, 2.05) is 0 Å². The number of allylic oxidation sites excluding steroid dienone is 2. The quantitative estimate of drug-likeness (QED) is 0.533. The third-order valence-electron chi connectivity index (χ3n) is 4.64. The third-order valence-corrected chi connectivity index (χ3v) is 4.64. The minimum absolute atomic E-state index is 0.747. The van der Waals surface area contributed by atoms with Crippen LogP contribution >= 0.6 is 0 Å². The predicted molar refractivity (Wildman–Crippen MR) is 93.4 cm³/mol. The van der Waals surface area contributed by atoms with Gasteiger partial charge in [0.2, 0.25) is 0 Å². The van der Waals surface area contributed by atoms with E-state index in [1.165, 1.54) is 63.1 Å². The fraction of sp³-hybridized carbons (Fsp3) is 0.833. The Bertz CT molecular complexity index is 371. The molecule has 1 heterocycles. The van der Waals surface area contributed by atoms with Gasteiger partial charge >= 0.3 is 0 Å². The molecule has 4 nitrogen and oxygen atoms in total. The van der Waals surface area contributed by atoms with Crippen LogP contribution in [-0.4, -0.2) is 61.9 Å².